The maximum Gasteiger partial charge on any atom is 0.255 e. The molecule has 0 saturated carbocycles. The third-order valence-corrected chi connectivity index (χ3v) is 5.99. The van der Waals surface area contributed by atoms with Crippen LogP contribution in [0.4, 0.5) is 0 Å². The first-order valence-corrected chi connectivity index (χ1v) is 12.5. The Balaban J connectivity index is 1.58. The van der Waals surface area contributed by atoms with Crippen molar-refractivity contribution in [2.45, 2.75) is 32.4 Å². The molecular weight excluding hydrogens is 478 g/mol. The Bertz CT molecular complexity index is 1510. The predicted octanol–water partition coefficient (Wildman–Crippen LogP) is 4.05. The number of H-pyrrole nitrogens is 1. The second kappa shape index (κ2) is 12.1. The Morgan fingerprint density at radius 1 is 0.974 bits per heavy atom. The second-order valence-electron chi connectivity index (χ2n) is 9.20. The smallest absolute Gasteiger partial charge is 0.255 e. The highest BCUT2D eigenvalue weighted by Crippen LogP contribution is 2.23. The van der Waals surface area contributed by atoms with E-state index in [2.05, 4.69) is 27.5 Å². The van der Waals surface area contributed by atoms with Gasteiger partial charge in [-0.2, -0.15) is 0 Å². The monoisotopic (exact) mass is 509 g/mol. The van der Waals surface area contributed by atoms with Gasteiger partial charge in [-0.3, -0.25) is 9.59 Å². The van der Waals surface area contributed by atoms with E-state index in [-0.39, 0.29) is 24.5 Å². The van der Waals surface area contributed by atoms with Crippen LogP contribution in [0.3, 0.4) is 0 Å². The molecule has 0 aliphatic heterocycles. The van der Waals surface area contributed by atoms with Crippen molar-refractivity contribution >= 4 is 22.7 Å². The molecule has 7 heteroatoms. The topological polar surface area (TPSA) is 103 Å². The Hall–Kier alpha value is -4.54. The average molecular weight is 510 g/mol. The van der Waals surface area contributed by atoms with E-state index >= 15 is 0 Å². The van der Waals surface area contributed by atoms with Gasteiger partial charge in [-0.15, -0.1) is 0 Å². The first-order valence-electron chi connectivity index (χ1n) is 12.5. The quantitative estimate of drug-likeness (QED) is 0.269. The summed E-state index contributed by atoms with van der Waals surface area (Å²) in [6.07, 6.45) is 2.24. The van der Waals surface area contributed by atoms with Gasteiger partial charge in [0, 0.05) is 40.8 Å². The minimum atomic E-state index is -0.490. The number of aromatic amines is 1. The SMILES string of the molecule is CNC(=O)c1cccc(C#Cc2ccc(OC(C)C)c(C(=O)N[C@@H](CO)Cc3c[nH]c4ccccc34)c2)c1. The van der Waals surface area contributed by atoms with Crippen molar-refractivity contribution < 1.29 is 19.4 Å². The summed E-state index contributed by atoms with van der Waals surface area (Å²) in [6.45, 7) is 3.57. The molecule has 7 nitrogen and oxygen atoms in total. The molecule has 1 aromatic heterocycles. The number of aromatic nitrogens is 1. The highest BCUT2D eigenvalue weighted by molar-refractivity contribution is 5.97. The number of carbonyl (C=O) groups is 2. The van der Waals surface area contributed by atoms with Crippen LogP contribution in [-0.2, 0) is 6.42 Å². The van der Waals surface area contributed by atoms with Crippen LogP contribution in [0.25, 0.3) is 10.9 Å². The lowest BCUT2D eigenvalue weighted by molar-refractivity contribution is 0.0909. The number of hydrogen-bond acceptors (Lipinski definition) is 4. The molecule has 4 aromatic rings. The van der Waals surface area contributed by atoms with Crippen LogP contribution in [0.2, 0.25) is 0 Å². The molecule has 0 radical (unpaired) electrons. The van der Waals surface area contributed by atoms with Crippen LogP contribution < -0.4 is 15.4 Å². The third-order valence-electron chi connectivity index (χ3n) is 5.99. The number of ether oxygens (including phenoxy) is 1. The van der Waals surface area contributed by atoms with Gasteiger partial charge < -0.3 is 25.5 Å². The molecule has 0 unspecified atom stereocenters. The molecule has 38 heavy (non-hydrogen) atoms. The average Bonchev–Trinajstić information content (AvgIpc) is 3.34. The molecule has 3 aromatic carbocycles. The van der Waals surface area contributed by atoms with E-state index in [1.54, 1.807) is 43.4 Å². The van der Waals surface area contributed by atoms with Gasteiger partial charge in [0.05, 0.1) is 24.3 Å². The van der Waals surface area contributed by atoms with Gasteiger partial charge in [0.2, 0.25) is 0 Å². The fourth-order valence-electron chi connectivity index (χ4n) is 4.16. The second-order valence-corrected chi connectivity index (χ2v) is 9.20. The van der Waals surface area contributed by atoms with Crippen molar-refractivity contribution in [1.82, 2.24) is 15.6 Å². The van der Waals surface area contributed by atoms with Crippen molar-refractivity contribution in [3.8, 4) is 17.6 Å². The Morgan fingerprint density at radius 3 is 2.47 bits per heavy atom. The maximum atomic E-state index is 13.4. The minimum Gasteiger partial charge on any atom is -0.490 e. The lowest BCUT2D eigenvalue weighted by atomic mass is 10.0. The standard InChI is InChI=1S/C31H31N3O4/c1-20(2)38-29-14-13-22(12-11-21-7-6-8-23(15-21)30(36)32-3)16-27(29)31(37)34-25(19-35)17-24-18-33-28-10-5-4-9-26(24)28/h4-10,13-16,18,20,25,33,35H,17,19H2,1-3H3,(H,32,36)(H,34,37)/t25-/m1/s1. The van der Waals surface area contributed by atoms with Gasteiger partial charge in [0.25, 0.3) is 11.8 Å². The Morgan fingerprint density at radius 2 is 1.74 bits per heavy atom. The van der Waals surface area contributed by atoms with E-state index in [0.29, 0.717) is 34.4 Å². The molecule has 1 heterocycles. The summed E-state index contributed by atoms with van der Waals surface area (Å²) >= 11 is 0. The molecule has 4 rings (SSSR count). The van der Waals surface area contributed by atoms with Gasteiger partial charge in [0.1, 0.15) is 5.75 Å². The summed E-state index contributed by atoms with van der Waals surface area (Å²) < 4.78 is 5.90. The molecule has 0 fully saturated rings. The van der Waals surface area contributed by atoms with Crippen LogP contribution in [0.1, 0.15) is 51.3 Å². The van der Waals surface area contributed by atoms with Crippen molar-refractivity contribution in [2.24, 2.45) is 0 Å². The van der Waals surface area contributed by atoms with Gasteiger partial charge in [-0.25, -0.2) is 0 Å². The van der Waals surface area contributed by atoms with Gasteiger partial charge in [-0.1, -0.05) is 36.1 Å². The number of fused-ring (bicyclic) bond motifs is 1. The van der Waals surface area contributed by atoms with Crippen LogP contribution in [-0.4, -0.2) is 47.7 Å². The number of amides is 2. The number of aliphatic hydroxyl groups excluding tert-OH is 1. The van der Waals surface area contributed by atoms with E-state index in [1.165, 1.54) is 0 Å². The molecular formula is C31H31N3O4. The number of rotatable bonds is 8. The number of benzene rings is 3. The largest absolute Gasteiger partial charge is 0.490 e. The van der Waals surface area contributed by atoms with Crippen molar-refractivity contribution in [1.29, 1.82) is 0 Å². The highest BCUT2D eigenvalue weighted by Gasteiger charge is 2.19. The maximum absolute atomic E-state index is 13.4. The molecule has 194 valence electrons. The third kappa shape index (κ3) is 6.41. The summed E-state index contributed by atoms with van der Waals surface area (Å²) in [4.78, 5) is 28.5. The summed E-state index contributed by atoms with van der Waals surface area (Å²) in [5.41, 5.74) is 4.17. The zero-order valence-corrected chi connectivity index (χ0v) is 21.7. The molecule has 0 bridgehead atoms. The fraction of sp³-hybridized carbons (Fsp3) is 0.226. The van der Waals surface area contributed by atoms with Crippen LogP contribution in [0, 0.1) is 11.8 Å². The van der Waals surface area contributed by atoms with E-state index < -0.39 is 6.04 Å². The molecule has 2 amide bonds. The van der Waals surface area contributed by atoms with Crippen molar-refractivity contribution in [2.75, 3.05) is 13.7 Å². The number of nitrogens with one attached hydrogen (secondary N) is 3. The Labute approximate surface area is 222 Å². The number of aliphatic hydroxyl groups is 1. The lowest BCUT2D eigenvalue weighted by Crippen LogP contribution is -2.39. The van der Waals surface area contributed by atoms with E-state index in [0.717, 1.165) is 16.5 Å². The molecule has 4 N–H and O–H groups in total. The minimum absolute atomic E-state index is 0.134. The number of carbonyl (C=O) groups excluding carboxylic acids is 2. The lowest BCUT2D eigenvalue weighted by Gasteiger charge is -2.19. The molecule has 0 aliphatic rings. The van der Waals surface area contributed by atoms with E-state index in [4.69, 9.17) is 4.74 Å². The number of hydrogen-bond donors (Lipinski definition) is 4. The molecule has 0 saturated heterocycles. The van der Waals surface area contributed by atoms with Crippen molar-refractivity contribution in [3.05, 3.63) is 101 Å². The highest BCUT2D eigenvalue weighted by atomic mass is 16.5. The van der Waals surface area contributed by atoms with E-state index in [1.807, 2.05) is 50.4 Å². The summed E-state index contributed by atoms with van der Waals surface area (Å²) in [5, 5.41) is 16.7. The number of para-hydroxylation sites is 1. The van der Waals surface area contributed by atoms with Crippen LogP contribution in [0.5, 0.6) is 5.75 Å². The van der Waals surface area contributed by atoms with Crippen molar-refractivity contribution in [3.63, 3.8) is 0 Å². The van der Waals surface area contributed by atoms with Gasteiger partial charge in [0.15, 0.2) is 0 Å². The molecule has 0 aliphatic carbocycles. The fourth-order valence-corrected chi connectivity index (χ4v) is 4.16. The molecule has 1 atom stereocenters. The predicted molar refractivity (Wildman–Crippen MR) is 148 cm³/mol. The molecule has 0 spiro atoms. The first-order chi connectivity index (χ1) is 18.4. The first kappa shape index (κ1) is 26.5. The Kier molecular flexibility index (Phi) is 8.47. The summed E-state index contributed by atoms with van der Waals surface area (Å²) in [5.74, 6) is 6.03. The summed E-state index contributed by atoms with van der Waals surface area (Å²) in [7, 11) is 1.58. The summed E-state index contributed by atoms with van der Waals surface area (Å²) in [6, 6.07) is 19.7. The van der Waals surface area contributed by atoms with Crippen LogP contribution >= 0.6 is 0 Å². The van der Waals surface area contributed by atoms with Gasteiger partial charge in [-0.05, 0) is 68.3 Å². The normalized spacial score (nSPS) is 11.5. The van der Waals surface area contributed by atoms with Gasteiger partial charge >= 0.3 is 0 Å². The zero-order valence-electron chi connectivity index (χ0n) is 21.7. The van der Waals surface area contributed by atoms with E-state index in [9.17, 15) is 14.7 Å². The van der Waals surface area contributed by atoms with Crippen LogP contribution in [0.15, 0.2) is 72.9 Å². The zero-order chi connectivity index (χ0) is 27.1.